The quantitative estimate of drug-likeness (QED) is 0.475. The lowest BCUT2D eigenvalue weighted by Gasteiger charge is -2.43. The first-order valence-corrected chi connectivity index (χ1v) is 10.1. The van der Waals surface area contributed by atoms with Gasteiger partial charge in [-0.05, 0) is 51.4 Å². The maximum absolute atomic E-state index is 12.3. The van der Waals surface area contributed by atoms with Crippen molar-refractivity contribution in [1.29, 1.82) is 0 Å². The van der Waals surface area contributed by atoms with E-state index in [1.807, 2.05) is 6.92 Å². The summed E-state index contributed by atoms with van der Waals surface area (Å²) in [4.78, 5) is 24.3. The molecule has 0 aromatic rings. The van der Waals surface area contributed by atoms with Crippen LogP contribution in [0, 0.1) is 11.8 Å². The maximum atomic E-state index is 12.3. The average Bonchev–Trinajstić information content (AvgIpc) is 2.61. The molecule has 0 bridgehead atoms. The molecule has 0 radical (unpaired) electrons. The number of esters is 2. The first-order valence-electron chi connectivity index (χ1n) is 10.1. The SMILES string of the molecule is C[C@@H]1[C@@H](C)[C@H](C)O[C@@H]2COC(=O)CCCC/C=C/CCCCC(=O)O[C@@H]12. The number of hydrogen-bond donors (Lipinski definition) is 0. The van der Waals surface area contributed by atoms with Gasteiger partial charge in [0.2, 0.25) is 0 Å². The molecule has 0 aromatic carbocycles. The molecule has 148 valence electrons. The van der Waals surface area contributed by atoms with Crippen LogP contribution < -0.4 is 0 Å². The highest BCUT2D eigenvalue weighted by atomic mass is 16.6. The molecule has 5 nitrogen and oxygen atoms in total. The van der Waals surface area contributed by atoms with Crippen LogP contribution in [0.15, 0.2) is 12.2 Å². The van der Waals surface area contributed by atoms with E-state index < -0.39 is 0 Å². The molecule has 0 unspecified atom stereocenters. The van der Waals surface area contributed by atoms with Gasteiger partial charge in [-0.25, -0.2) is 0 Å². The summed E-state index contributed by atoms with van der Waals surface area (Å²) in [5.74, 6) is 0.0538. The van der Waals surface area contributed by atoms with E-state index in [9.17, 15) is 9.59 Å². The standard InChI is InChI=1S/C21H34O5/c1-15-16(2)21-18(25-17(15)3)14-24-19(22)12-10-8-6-4-5-7-9-11-13-20(23)26-21/h4-5,15-18,21H,6-14H2,1-3H3/b5-4+/t15-,16-,17+,18-,21+/m1/s1. The number of cyclic esters (lactones) is 1. The van der Waals surface area contributed by atoms with E-state index in [1.54, 1.807) is 0 Å². The summed E-state index contributed by atoms with van der Waals surface area (Å²) < 4.78 is 17.2. The minimum absolute atomic E-state index is 0.0452. The Hall–Kier alpha value is -1.36. The molecule has 0 saturated carbocycles. The van der Waals surface area contributed by atoms with Gasteiger partial charge in [0.15, 0.2) is 0 Å². The smallest absolute Gasteiger partial charge is 0.306 e. The number of hydrogen-bond acceptors (Lipinski definition) is 5. The molecule has 2 heterocycles. The minimum Gasteiger partial charge on any atom is -0.463 e. The van der Waals surface area contributed by atoms with Crippen molar-refractivity contribution in [3.8, 4) is 0 Å². The van der Waals surface area contributed by atoms with Gasteiger partial charge in [0, 0.05) is 18.8 Å². The van der Waals surface area contributed by atoms with Crippen LogP contribution >= 0.6 is 0 Å². The van der Waals surface area contributed by atoms with Crippen LogP contribution in [0.3, 0.4) is 0 Å². The van der Waals surface area contributed by atoms with Crippen molar-refractivity contribution in [1.82, 2.24) is 0 Å². The lowest BCUT2D eigenvalue weighted by Crippen LogP contribution is -2.52. The number of carbonyl (C=O) groups is 2. The third-order valence-electron chi connectivity index (χ3n) is 5.69. The Balaban J connectivity index is 2.03. The second-order valence-corrected chi connectivity index (χ2v) is 7.70. The summed E-state index contributed by atoms with van der Waals surface area (Å²) in [7, 11) is 0. The van der Waals surface area contributed by atoms with E-state index in [0.29, 0.717) is 12.8 Å². The summed E-state index contributed by atoms with van der Waals surface area (Å²) in [5.41, 5.74) is 0. The summed E-state index contributed by atoms with van der Waals surface area (Å²) in [6, 6.07) is 0. The van der Waals surface area contributed by atoms with Crippen LogP contribution in [0.4, 0.5) is 0 Å². The van der Waals surface area contributed by atoms with Crippen molar-refractivity contribution in [2.75, 3.05) is 6.61 Å². The predicted molar refractivity (Wildman–Crippen MR) is 99.6 cm³/mol. The molecule has 26 heavy (non-hydrogen) atoms. The molecular weight excluding hydrogens is 332 g/mol. The molecule has 5 heteroatoms. The Morgan fingerprint density at radius 2 is 1.46 bits per heavy atom. The molecule has 0 aliphatic carbocycles. The Labute approximate surface area is 157 Å². The maximum Gasteiger partial charge on any atom is 0.306 e. The first-order chi connectivity index (χ1) is 12.5. The van der Waals surface area contributed by atoms with Crippen LogP contribution in [-0.2, 0) is 23.8 Å². The summed E-state index contributed by atoms with van der Waals surface area (Å²) >= 11 is 0. The Bertz CT molecular complexity index is 487. The van der Waals surface area contributed by atoms with E-state index >= 15 is 0 Å². The zero-order chi connectivity index (χ0) is 18.9. The van der Waals surface area contributed by atoms with E-state index in [4.69, 9.17) is 14.2 Å². The van der Waals surface area contributed by atoms with E-state index in [0.717, 1.165) is 38.5 Å². The zero-order valence-electron chi connectivity index (χ0n) is 16.4. The number of fused-ring (bicyclic) bond motifs is 1. The molecule has 2 aliphatic heterocycles. The van der Waals surface area contributed by atoms with Gasteiger partial charge < -0.3 is 14.2 Å². The number of ether oxygens (including phenoxy) is 3. The molecular formula is C21H34O5. The summed E-state index contributed by atoms with van der Waals surface area (Å²) in [5, 5.41) is 0. The molecule has 0 aromatic heterocycles. The van der Waals surface area contributed by atoms with Gasteiger partial charge in [0.1, 0.15) is 18.8 Å². The van der Waals surface area contributed by atoms with Gasteiger partial charge in [0.25, 0.3) is 0 Å². The predicted octanol–water partition coefficient (Wildman–Crippen LogP) is 4.19. The highest BCUT2D eigenvalue weighted by Gasteiger charge is 2.42. The Morgan fingerprint density at radius 1 is 0.846 bits per heavy atom. The Kier molecular flexibility index (Phi) is 8.63. The minimum atomic E-state index is -0.388. The van der Waals surface area contributed by atoms with Crippen LogP contribution in [-0.4, -0.2) is 36.9 Å². The molecule has 0 spiro atoms. The largest absolute Gasteiger partial charge is 0.463 e. The van der Waals surface area contributed by atoms with Crippen LogP contribution in [0.1, 0.15) is 72.1 Å². The van der Waals surface area contributed by atoms with Crippen molar-refractivity contribution in [2.24, 2.45) is 11.8 Å². The third kappa shape index (κ3) is 6.42. The van der Waals surface area contributed by atoms with Crippen LogP contribution in [0.2, 0.25) is 0 Å². The van der Waals surface area contributed by atoms with Crippen LogP contribution in [0.5, 0.6) is 0 Å². The fraction of sp³-hybridized carbons (Fsp3) is 0.810. The fourth-order valence-corrected chi connectivity index (χ4v) is 3.62. The number of carbonyl (C=O) groups excluding carboxylic acids is 2. The lowest BCUT2D eigenvalue weighted by molar-refractivity contribution is -0.204. The van der Waals surface area contributed by atoms with E-state index in [1.165, 1.54) is 0 Å². The van der Waals surface area contributed by atoms with Crippen molar-refractivity contribution >= 4 is 11.9 Å². The lowest BCUT2D eigenvalue weighted by atomic mass is 9.82. The fourth-order valence-electron chi connectivity index (χ4n) is 3.62. The van der Waals surface area contributed by atoms with Gasteiger partial charge in [-0.15, -0.1) is 0 Å². The molecule has 1 fully saturated rings. The van der Waals surface area contributed by atoms with Gasteiger partial charge in [0.05, 0.1) is 6.10 Å². The summed E-state index contributed by atoms with van der Waals surface area (Å²) in [6.45, 7) is 6.37. The van der Waals surface area contributed by atoms with Crippen molar-refractivity contribution in [2.45, 2.75) is 90.4 Å². The third-order valence-corrected chi connectivity index (χ3v) is 5.69. The monoisotopic (exact) mass is 366 g/mol. The average molecular weight is 366 g/mol. The van der Waals surface area contributed by atoms with E-state index in [2.05, 4.69) is 26.0 Å². The first kappa shape index (κ1) is 20.9. The van der Waals surface area contributed by atoms with Gasteiger partial charge >= 0.3 is 11.9 Å². The van der Waals surface area contributed by atoms with Gasteiger partial charge in [-0.2, -0.15) is 0 Å². The van der Waals surface area contributed by atoms with Crippen molar-refractivity contribution in [3.05, 3.63) is 12.2 Å². The number of allylic oxidation sites excluding steroid dienone is 2. The zero-order valence-corrected chi connectivity index (χ0v) is 16.4. The molecule has 2 aliphatic rings. The molecule has 1 saturated heterocycles. The molecule has 2 rings (SSSR count). The van der Waals surface area contributed by atoms with Crippen molar-refractivity contribution < 1.29 is 23.8 Å². The highest BCUT2D eigenvalue weighted by molar-refractivity contribution is 5.70. The van der Waals surface area contributed by atoms with Gasteiger partial charge in [-0.3, -0.25) is 9.59 Å². The second-order valence-electron chi connectivity index (χ2n) is 7.70. The Morgan fingerprint density at radius 3 is 2.12 bits per heavy atom. The van der Waals surface area contributed by atoms with Gasteiger partial charge in [-0.1, -0.05) is 26.0 Å². The number of rotatable bonds is 0. The highest BCUT2D eigenvalue weighted by Crippen LogP contribution is 2.33. The van der Waals surface area contributed by atoms with Crippen LogP contribution in [0.25, 0.3) is 0 Å². The van der Waals surface area contributed by atoms with Crippen molar-refractivity contribution in [3.63, 3.8) is 0 Å². The topological polar surface area (TPSA) is 61.8 Å². The van der Waals surface area contributed by atoms with E-state index in [-0.39, 0.29) is 48.7 Å². The normalized spacial score (nSPS) is 37.0. The molecule has 0 amide bonds. The molecule has 0 N–H and O–H groups in total. The summed E-state index contributed by atoms with van der Waals surface area (Å²) in [6.07, 6.45) is 10.1. The molecule has 5 atom stereocenters. The second kappa shape index (κ2) is 10.7.